The molecule has 3 N–H and O–H groups in total. The third-order valence-corrected chi connectivity index (χ3v) is 7.66. The van der Waals surface area contributed by atoms with Gasteiger partial charge >= 0.3 is 0 Å². The maximum absolute atomic E-state index is 13.7. The maximum Gasteiger partial charge on any atom is 0.265 e. The highest BCUT2D eigenvalue weighted by Crippen LogP contribution is 2.36. The highest BCUT2D eigenvalue weighted by molar-refractivity contribution is 5.63. The first-order valence-electron chi connectivity index (χ1n) is 13.7. The molecule has 1 atom stereocenters. The van der Waals surface area contributed by atoms with E-state index in [1.54, 1.807) is 19.3 Å². The minimum atomic E-state index is -2.84. The second-order valence-corrected chi connectivity index (χ2v) is 10.9. The van der Waals surface area contributed by atoms with Gasteiger partial charge in [0, 0.05) is 62.4 Å². The minimum Gasteiger partial charge on any atom is -0.392 e. The zero-order valence-electron chi connectivity index (χ0n) is 24.1. The number of nitrogens with zero attached hydrogens (tertiary/aromatic N) is 4. The lowest BCUT2D eigenvalue weighted by Crippen LogP contribution is -2.44. The largest absolute Gasteiger partial charge is 0.392 e. The first-order valence-corrected chi connectivity index (χ1v) is 13.7. The van der Waals surface area contributed by atoms with E-state index >= 15 is 0 Å². The topological polar surface area (TPSA) is 84.8 Å². The fourth-order valence-corrected chi connectivity index (χ4v) is 5.38. The lowest BCUT2D eigenvalue weighted by molar-refractivity contribution is -0.0232. The molecule has 41 heavy (non-hydrogen) atoms. The van der Waals surface area contributed by atoms with Crippen LogP contribution >= 0.6 is 0 Å². The van der Waals surface area contributed by atoms with Crippen molar-refractivity contribution in [3.8, 4) is 0 Å². The number of aryl methyl sites for hydroxylation is 2. The second-order valence-electron chi connectivity index (χ2n) is 10.9. The Morgan fingerprint density at radius 3 is 2.34 bits per heavy atom. The standard InChI is InChI=1S/C31H38F3N5O2/c1-19-12-22(18-40)26(25(13-19)20(2)37-28-7-6-24(32)14-27(28)30(33)34)15-29(38(4)5)39-10-8-31(41,9-11-39)23-16-35-21(3)36-17-23/h6-7,12-17,20,30,37,40-41H,8-11,18H2,1-5H3/b29-15+/t20-/m1/s1. The molecule has 1 aliphatic rings. The van der Waals surface area contributed by atoms with Crippen LogP contribution < -0.4 is 5.32 Å². The molecule has 2 heterocycles. The number of aliphatic hydroxyl groups is 2. The zero-order valence-corrected chi connectivity index (χ0v) is 24.1. The van der Waals surface area contributed by atoms with Crippen LogP contribution in [0.1, 0.15) is 71.4 Å². The summed E-state index contributed by atoms with van der Waals surface area (Å²) in [5.74, 6) is 0.809. The summed E-state index contributed by atoms with van der Waals surface area (Å²) in [5.41, 5.74) is 2.62. The van der Waals surface area contributed by atoms with Crippen LogP contribution in [-0.4, -0.2) is 57.2 Å². The van der Waals surface area contributed by atoms with Gasteiger partial charge in [-0.15, -0.1) is 0 Å². The zero-order chi connectivity index (χ0) is 29.9. The SMILES string of the molecule is Cc1cc(CO)c(/C=C(\N(C)C)N2CCC(O)(c3cnc(C)nc3)CC2)c([C@@H](C)Nc2ccc(F)cc2C(F)F)c1. The normalized spacial score (nSPS) is 16.2. The van der Waals surface area contributed by atoms with Crippen molar-refractivity contribution in [3.05, 3.63) is 93.6 Å². The van der Waals surface area contributed by atoms with Gasteiger partial charge in [-0.1, -0.05) is 17.7 Å². The van der Waals surface area contributed by atoms with Crippen molar-refractivity contribution in [1.82, 2.24) is 19.8 Å². The van der Waals surface area contributed by atoms with Gasteiger partial charge in [0.05, 0.1) is 12.2 Å². The fraction of sp³-hybridized carbons (Fsp3) is 0.419. The lowest BCUT2D eigenvalue weighted by Gasteiger charge is -2.42. The molecule has 0 unspecified atom stereocenters. The number of aromatic nitrogens is 2. The van der Waals surface area contributed by atoms with Gasteiger partial charge in [0.1, 0.15) is 17.5 Å². The Morgan fingerprint density at radius 2 is 1.76 bits per heavy atom. The Bertz CT molecular complexity index is 1390. The van der Waals surface area contributed by atoms with Crippen LogP contribution in [0.4, 0.5) is 18.9 Å². The molecule has 0 amide bonds. The average molecular weight is 570 g/mol. The molecular weight excluding hydrogens is 531 g/mol. The van der Waals surface area contributed by atoms with Gasteiger partial charge in [-0.25, -0.2) is 23.1 Å². The third kappa shape index (κ3) is 6.82. The van der Waals surface area contributed by atoms with E-state index in [4.69, 9.17) is 0 Å². The van der Waals surface area contributed by atoms with Gasteiger partial charge in [-0.05, 0) is 74.6 Å². The molecule has 3 aromatic rings. The van der Waals surface area contributed by atoms with Crippen LogP contribution in [0.5, 0.6) is 0 Å². The van der Waals surface area contributed by atoms with E-state index in [9.17, 15) is 23.4 Å². The summed E-state index contributed by atoms with van der Waals surface area (Å²) in [6, 6.07) is 6.76. The highest BCUT2D eigenvalue weighted by Gasteiger charge is 2.35. The van der Waals surface area contributed by atoms with Gasteiger partial charge in [-0.3, -0.25) is 0 Å². The van der Waals surface area contributed by atoms with Gasteiger partial charge in [0.2, 0.25) is 0 Å². The summed E-state index contributed by atoms with van der Waals surface area (Å²) >= 11 is 0. The molecule has 1 saturated heterocycles. The monoisotopic (exact) mass is 569 g/mol. The molecular formula is C31H38F3N5O2. The Morgan fingerprint density at radius 1 is 1.10 bits per heavy atom. The molecule has 7 nitrogen and oxygen atoms in total. The smallest absolute Gasteiger partial charge is 0.265 e. The van der Waals surface area contributed by atoms with E-state index in [1.807, 2.05) is 51.1 Å². The van der Waals surface area contributed by atoms with Gasteiger partial charge in [0.25, 0.3) is 6.43 Å². The molecule has 0 bridgehead atoms. The van der Waals surface area contributed by atoms with Gasteiger partial charge in [-0.2, -0.15) is 0 Å². The van der Waals surface area contributed by atoms with Crippen LogP contribution in [0.3, 0.4) is 0 Å². The predicted octanol–water partition coefficient (Wildman–Crippen LogP) is 5.68. The summed E-state index contributed by atoms with van der Waals surface area (Å²) in [7, 11) is 3.87. The van der Waals surface area contributed by atoms with Crippen LogP contribution in [0, 0.1) is 19.7 Å². The minimum absolute atomic E-state index is 0.152. The van der Waals surface area contributed by atoms with E-state index < -0.39 is 29.4 Å². The number of alkyl halides is 2. The number of anilines is 1. The summed E-state index contributed by atoms with van der Waals surface area (Å²) < 4.78 is 41.1. The molecule has 0 saturated carbocycles. The van der Waals surface area contributed by atoms with E-state index in [2.05, 4.69) is 20.2 Å². The number of piperidine rings is 1. The number of aliphatic hydroxyl groups excluding tert-OH is 1. The summed E-state index contributed by atoms with van der Waals surface area (Å²) in [6.07, 6.45) is 3.49. The maximum atomic E-state index is 13.7. The lowest BCUT2D eigenvalue weighted by atomic mass is 9.86. The predicted molar refractivity (Wildman–Crippen MR) is 154 cm³/mol. The molecule has 0 spiro atoms. The van der Waals surface area contributed by atoms with Gasteiger partial charge < -0.3 is 25.3 Å². The van der Waals surface area contributed by atoms with Crippen molar-refractivity contribution in [2.24, 2.45) is 0 Å². The molecule has 0 aliphatic carbocycles. The number of hydrogen-bond donors (Lipinski definition) is 3. The summed E-state index contributed by atoms with van der Waals surface area (Å²) in [6.45, 7) is 6.51. The second kappa shape index (κ2) is 12.5. The number of benzene rings is 2. The molecule has 220 valence electrons. The Balaban J connectivity index is 1.67. The van der Waals surface area contributed by atoms with Crippen LogP contribution in [0.2, 0.25) is 0 Å². The number of nitrogens with one attached hydrogen (secondary N) is 1. The van der Waals surface area contributed by atoms with Crippen molar-refractivity contribution in [2.45, 2.75) is 58.3 Å². The molecule has 1 fully saturated rings. The molecule has 10 heteroatoms. The molecule has 1 aliphatic heterocycles. The van der Waals surface area contributed by atoms with Crippen molar-refractivity contribution >= 4 is 11.8 Å². The fourth-order valence-electron chi connectivity index (χ4n) is 5.38. The summed E-state index contributed by atoms with van der Waals surface area (Å²) in [4.78, 5) is 12.7. The Kier molecular flexibility index (Phi) is 9.24. The number of hydrogen-bond acceptors (Lipinski definition) is 7. The third-order valence-electron chi connectivity index (χ3n) is 7.66. The first kappa shape index (κ1) is 30.3. The van der Waals surface area contributed by atoms with Crippen LogP contribution in [0.15, 0.2) is 48.5 Å². The van der Waals surface area contributed by atoms with Crippen molar-refractivity contribution in [2.75, 3.05) is 32.5 Å². The van der Waals surface area contributed by atoms with Crippen LogP contribution in [0.25, 0.3) is 6.08 Å². The average Bonchev–Trinajstić information content (AvgIpc) is 2.93. The van der Waals surface area contributed by atoms with Crippen molar-refractivity contribution in [1.29, 1.82) is 0 Å². The molecule has 2 aromatic carbocycles. The van der Waals surface area contributed by atoms with E-state index in [0.29, 0.717) is 42.9 Å². The Labute approximate surface area is 239 Å². The molecule has 1 aromatic heterocycles. The quantitative estimate of drug-likeness (QED) is 0.306. The number of halogens is 3. The van der Waals surface area contributed by atoms with E-state index in [-0.39, 0.29) is 12.3 Å². The number of likely N-dealkylation sites (tertiary alicyclic amines) is 1. The molecule has 0 radical (unpaired) electrons. The van der Waals surface area contributed by atoms with Crippen LogP contribution in [-0.2, 0) is 12.2 Å². The van der Waals surface area contributed by atoms with E-state index in [1.165, 1.54) is 6.07 Å². The van der Waals surface area contributed by atoms with Crippen molar-refractivity contribution < 1.29 is 23.4 Å². The first-order chi connectivity index (χ1) is 19.4. The molecule has 4 rings (SSSR count). The van der Waals surface area contributed by atoms with Gasteiger partial charge in [0.15, 0.2) is 0 Å². The summed E-state index contributed by atoms with van der Waals surface area (Å²) in [5, 5.41) is 24.8. The van der Waals surface area contributed by atoms with Crippen molar-refractivity contribution in [3.63, 3.8) is 0 Å². The van der Waals surface area contributed by atoms with E-state index in [0.717, 1.165) is 34.6 Å². The highest BCUT2D eigenvalue weighted by atomic mass is 19.3. The number of rotatable bonds is 9. The Hall–Kier alpha value is -3.63.